The molecule has 0 heterocycles. The molecule has 2 aromatic rings. The van der Waals surface area contributed by atoms with Crippen molar-refractivity contribution in [2.45, 2.75) is 70.6 Å². The van der Waals surface area contributed by atoms with Crippen LogP contribution < -0.4 is 37.2 Å². The predicted molar refractivity (Wildman–Crippen MR) is 120 cm³/mol. The largest absolute Gasteiger partial charge is 3.00 e. The number of aromatic hydroxyl groups is 1. The molecule has 31 heavy (non-hydrogen) atoms. The molecular formula is C24H33Cl3NOSTi. The molecule has 2 nitrogen and oxygen atoms in total. The van der Waals surface area contributed by atoms with E-state index in [1.165, 1.54) is 10.5 Å². The van der Waals surface area contributed by atoms with Gasteiger partial charge in [-0.3, -0.25) is 4.99 Å². The Kier molecular flexibility index (Phi) is 17.0. The van der Waals surface area contributed by atoms with Gasteiger partial charge >= 0.3 is 21.7 Å². The van der Waals surface area contributed by atoms with E-state index in [9.17, 15) is 5.11 Å². The number of benzene rings is 2. The van der Waals surface area contributed by atoms with Gasteiger partial charge in [0.15, 0.2) is 0 Å². The topological polar surface area (TPSA) is 32.6 Å². The molecule has 0 aliphatic heterocycles. The summed E-state index contributed by atoms with van der Waals surface area (Å²) in [6.07, 6.45) is 2.94. The molecule has 0 fully saturated rings. The minimum absolute atomic E-state index is 0. The molecule has 2 aromatic carbocycles. The molecule has 0 atom stereocenters. The standard InChI is InChI=1S/C24H33NOS.3ClH.Ti/c1-8-13-27-21-12-10-9-11-20(21)25-16-17-14-18(23(2,3)4)15-19(22(17)26)24(5,6)7;;;;/h9-12,14-16,26H,8,13H2,1-7H3;3*1H;/q;;;;+3/p-3. The van der Waals surface area contributed by atoms with Gasteiger partial charge in [-0.05, 0) is 46.8 Å². The molecule has 0 aromatic heterocycles. The van der Waals surface area contributed by atoms with Crippen LogP contribution in [-0.4, -0.2) is 17.1 Å². The van der Waals surface area contributed by atoms with Gasteiger partial charge < -0.3 is 42.3 Å². The van der Waals surface area contributed by atoms with Gasteiger partial charge in [0.2, 0.25) is 0 Å². The number of para-hydroxylation sites is 1. The van der Waals surface area contributed by atoms with E-state index in [1.807, 2.05) is 36.2 Å². The van der Waals surface area contributed by atoms with Gasteiger partial charge in [-0.15, -0.1) is 11.8 Å². The number of hydrogen-bond acceptors (Lipinski definition) is 3. The average molecular weight is 538 g/mol. The monoisotopic (exact) mass is 536 g/mol. The molecule has 171 valence electrons. The van der Waals surface area contributed by atoms with Crippen molar-refractivity contribution in [3.05, 3.63) is 53.1 Å². The van der Waals surface area contributed by atoms with Gasteiger partial charge in [0, 0.05) is 22.2 Å². The third-order valence-corrected chi connectivity index (χ3v) is 5.75. The Hall–Kier alpha value is -0.156. The number of thioether (sulfide) groups is 1. The number of phenols is 1. The molecule has 0 amide bonds. The molecule has 1 N–H and O–H groups in total. The van der Waals surface area contributed by atoms with Gasteiger partial charge in [-0.1, -0.05) is 66.7 Å². The second-order valence-corrected chi connectivity index (χ2v) is 10.2. The van der Waals surface area contributed by atoms with Crippen LogP contribution in [-0.2, 0) is 32.5 Å². The zero-order valence-electron chi connectivity index (χ0n) is 19.4. The third kappa shape index (κ3) is 10.1. The summed E-state index contributed by atoms with van der Waals surface area (Å²) in [4.78, 5) is 5.91. The van der Waals surface area contributed by atoms with E-state index in [-0.39, 0.29) is 69.8 Å². The number of aliphatic imine (C=N–C) groups is 1. The molecule has 0 bridgehead atoms. The molecule has 0 saturated heterocycles. The van der Waals surface area contributed by atoms with Gasteiger partial charge in [0.05, 0.1) is 5.69 Å². The van der Waals surface area contributed by atoms with E-state index < -0.39 is 0 Å². The summed E-state index contributed by atoms with van der Waals surface area (Å²) in [6, 6.07) is 12.4. The summed E-state index contributed by atoms with van der Waals surface area (Å²) >= 11 is 1.82. The van der Waals surface area contributed by atoms with Crippen molar-refractivity contribution in [3.8, 4) is 5.75 Å². The van der Waals surface area contributed by atoms with Crippen LogP contribution in [0.15, 0.2) is 46.3 Å². The number of hydrogen-bond donors (Lipinski definition) is 1. The second-order valence-electron chi connectivity index (χ2n) is 9.04. The summed E-state index contributed by atoms with van der Waals surface area (Å²) in [5.74, 6) is 1.41. The van der Waals surface area contributed by atoms with Crippen LogP contribution in [0.5, 0.6) is 5.75 Å². The summed E-state index contributed by atoms with van der Waals surface area (Å²) in [5.41, 5.74) is 3.77. The van der Waals surface area contributed by atoms with Crippen LogP contribution in [0.3, 0.4) is 0 Å². The minimum atomic E-state index is -0.136. The Bertz CT molecular complexity index is 831. The Morgan fingerprint density at radius 2 is 1.52 bits per heavy atom. The van der Waals surface area contributed by atoms with E-state index in [0.717, 1.165) is 29.0 Å². The molecule has 1 radical (unpaired) electrons. The van der Waals surface area contributed by atoms with Crippen LogP contribution >= 0.6 is 11.8 Å². The average Bonchev–Trinajstić information content (AvgIpc) is 2.57. The van der Waals surface area contributed by atoms with E-state index in [1.54, 1.807) is 0 Å². The number of nitrogens with zero attached hydrogens (tertiary/aromatic N) is 1. The van der Waals surface area contributed by atoms with Crippen LogP contribution in [0.25, 0.3) is 0 Å². The van der Waals surface area contributed by atoms with Gasteiger partial charge in [-0.25, -0.2) is 0 Å². The van der Waals surface area contributed by atoms with Crippen molar-refractivity contribution in [3.63, 3.8) is 0 Å². The van der Waals surface area contributed by atoms with Gasteiger partial charge in [-0.2, -0.15) is 0 Å². The van der Waals surface area contributed by atoms with Gasteiger partial charge in [0.1, 0.15) is 5.75 Å². The van der Waals surface area contributed by atoms with Crippen LogP contribution in [0.2, 0.25) is 0 Å². The van der Waals surface area contributed by atoms with Crippen molar-refractivity contribution in [2.24, 2.45) is 4.99 Å². The molecule has 0 saturated carbocycles. The van der Waals surface area contributed by atoms with Crippen molar-refractivity contribution < 1.29 is 64.0 Å². The first-order chi connectivity index (χ1) is 12.5. The Balaban J connectivity index is -0.00000196. The van der Waals surface area contributed by atoms with E-state index in [4.69, 9.17) is 4.99 Å². The van der Waals surface area contributed by atoms with Crippen LogP contribution in [0, 0.1) is 0 Å². The van der Waals surface area contributed by atoms with Crippen molar-refractivity contribution in [1.82, 2.24) is 0 Å². The maximum absolute atomic E-state index is 10.9. The fraction of sp³-hybridized carbons (Fsp3) is 0.458. The first kappa shape index (κ1) is 35.4. The third-order valence-electron chi connectivity index (χ3n) is 4.48. The predicted octanol–water partition coefficient (Wildman–Crippen LogP) is -1.75. The first-order valence-corrected chi connectivity index (χ1v) is 10.7. The molecule has 0 aliphatic carbocycles. The van der Waals surface area contributed by atoms with Crippen molar-refractivity contribution >= 4 is 23.7 Å². The zero-order valence-corrected chi connectivity index (χ0v) is 24.0. The molecule has 2 rings (SSSR count). The van der Waals surface area contributed by atoms with E-state index in [0.29, 0.717) is 5.75 Å². The Labute approximate surface area is 226 Å². The number of halogens is 3. The number of rotatable bonds is 5. The minimum Gasteiger partial charge on any atom is -1.00 e. The normalized spacial score (nSPS) is 11.1. The number of phenolic OH excluding ortho intramolecular Hbond substituents is 1. The van der Waals surface area contributed by atoms with E-state index in [2.05, 4.69) is 66.7 Å². The van der Waals surface area contributed by atoms with Crippen LogP contribution in [0.1, 0.15) is 71.6 Å². The maximum atomic E-state index is 10.9. The SMILES string of the molecule is CCCSc1ccccc1N=Cc1cc(C(C)(C)C)cc(C(C)(C)C)c1O.[Cl-].[Cl-].[Cl-].[Ti+3]. The molecule has 0 unspecified atom stereocenters. The quantitative estimate of drug-likeness (QED) is 0.279. The Morgan fingerprint density at radius 3 is 2.03 bits per heavy atom. The first-order valence-electron chi connectivity index (χ1n) is 9.68. The van der Waals surface area contributed by atoms with Crippen molar-refractivity contribution in [1.29, 1.82) is 0 Å². The zero-order chi connectivity index (χ0) is 20.2. The molecule has 0 aliphatic rings. The smallest absolute Gasteiger partial charge is 1.00 e. The van der Waals surface area contributed by atoms with E-state index >= 15 is 0 Å². The van der Waals surface area contributed by atoms with Crippen LogP contribution in [0.4, 0.5) is 5.69 Å². The summed E-state index contributed by atoms with van der Waals surface area (Å²) < 4.78 is 0. The fourth-order valence-electron chi connectivity index (χ4n) is 2.80. The molecule has 0 spiro atoms. The second kappa shape index (κ2) is 14.9. The van der Waals surface area contributed by atoms with Gasteiger partial charge in [0.25, 0.3) is 0 Å². The fourth-order valence-corrected chi connectivity index (χ4v) is 3.66. The molecule has 7 heteroatoms. The summed E-state index contributed by atoms with van der Waals surface area (Å²) in [5, 5.41) is 10.9. The molecular weight excluding hydrogens is 505 g/mol. The Morgan fingerprint density at radius 1 is 0.935 bits per heavy atom. The summed E-state index contributed by atoms with van der Waals surface area (Å²) in [6.45, 7) is 15.2. The summed E-state index contributed by atoms with van der Waals surface area (Å²) in [7, 11) is 0. The maximum Gasteiger partial charge on any atom is 3.00 e. The van der Waals surface area contributed by atoms with Crippen molar-refractivity contribution in [2.75, 3.05) is 5.75 Å².